The van der Waals surface area contributed by atoms with Gasteiger partial charge in [0, 0.05) is 16.7 Å². The Labute approximate surface area is 190 Å². The van der Waals surface area contributed by atoms with Gasteiger partial charge in [0.2, 0.25) is 4.77 Å². The first-order valence-corrected chi connectivity index (χ1v) is 10.7. The minimum absolute atomic E-state index is 0.0875. The van der Waals surface area contributed by atoms with Crippen LogP contribution in [0.4, 0.5) is 4.39 Å². The number of hydrogen-bond donors (Lipinski definition) is 2. The number of nitrogens with one attached hydrogen (secondary N) is 2. The number of halogens is 1. The lowest BCUT2D eigenvalue weighted by atomic mass is 10.1. The highest BCUT2D eigenvalue weighted by atomic mass is 32.1. The van der Waals surface area contributed by atoms with Crippen molar-refractivity contribution in [3.8, 4) is 22.9 Å². The summed E-state index contributed by atoms with van der Waals surface area (Å²) in [6.45, 7) is 2.87. The zero-order chi connectivity index (χ0) is 22.3. The van der Waals surface area contributed by atoms with Gasteiger partial charge in [-0.1, -0.05) is 60.7 Å². The molecule has 32 heavy (non-hydrogen) atoms. The molecule has 4 rings (SSSR count). The highest BCUT2D eigenvalue weighted by molar-refractivity contribution is 7.71. The first-order valence-electron chi connectivity index (χ1n) is 10.2. The van der Waals surface area contributed by atoms with Crippen molar-refractivity contribution in [3.63, 3.8) is 0 Å². The monoisotopic (exact) mass is 450 g/mol. The zero-order valence-electron chi connectivity index (χ0n) is 17.5. The molecule has 0 saturated heterocycles. The molecule has 1 heterocycles. The van der Waals surface area contributed by atoms with E-state index in [2.05, 4.69) is 15.6 Å². The number of aromatic nitrogens is 3. The number of H-pyrrole nitrogens is 1. The number of nitrogens with zero attached hydrogens (tertiary/aromatic N) is 2. The maximum Gasteiger partial charge on any atom is 0.214 e. The lowest BCUT2D eigenvalue weighted by Crippen LogP contribution is -2.17. The standard InChI is InChI=1S/C24H23FN4O2S/c1-2-30-21-14-8-12-18(22(21)31-16-19-11-6-7-13-20(19)25)15-26-29-23(27-28-24(29)32)17-9-4-3-5-10-17/h3-14,26H,2,15-16H2,1H3,(H,28,32). The van der Waals surface area contributed by atoms with Gasteiger partial charge in [-0.2, -0.15) is 5.10 Å². The van der Waals surface area contributed by atoms with E-state index in [1.807, 2.05) is 55.5 Å². The SMILES string of the molecule is CCOc1cccc(CNn2c(-c3ccccc3)n[nH]c2=S)c1OCc1ccccc1F. The Hall–Kier alpha value is -3.65. The maximum absolute atomic E-state index is 14.1. The Morgan fingerprint density at radius 1 is 0.969 bits per heavy atom. The molecule has 0 aliphatic carbocycles. The molecule has 0 aliphatic heterocycles. The van der Waals surface area contributed by atoms with Crippen LogP contribution in [0.3, 0.4) is 0 Å². The molecule has 3 aromatic carbocycles. The van der Waals surface area contributed by atoms with Crippen LogP contribution in [-0.2, 0) is 13.2 Å². The number of benzene rings is 3. The molecule has 1 aromatic heterocycles. The van der Waals surface area contributed by atoms with Gasteiger partial charge in [-0.3, -0.25) is 0 Å². The first-order chi connectivity index (χ1) is 15.7. The molecule has 0 unspecified atom stereocenters. The van der Waals surface area contributed by atoms with E-state index in [1.165, 1.54) is 6.07 Å². The third-order valence-corrected chi connectivity index (χ3v) is 5.10. The van der Waals surface area contributed by atoms with Crippen LogP contribution in [0.5, 0.6) is 11.5 Å². The van der Waals surface area contributed by atoms with Crippen molar-refractivity contribution in [1.82, 2.24) is 14.9 Å². The predicted molar refractivity (Wildman–Crippen MR) is 124 cm³/mol. The van der Waals surface area contributed by atoms with Crippen LogP contribution in [0, 0.1) is 10.6 Å². The van der Waals surface area contributed by atoms with Gasteiger partial charge < -0.3 is 14.9 Å². The molecule has 2 N–H and O–H groups in total. The van der Waals surface area contributed by atoms with Crippen molar-refractivity contribution < 1.29 is 13.9 Å². The van der Waals surface area contributed by atoms with Crippen LogP contribution in [0.25, 0.3) is 11.4 Å². The van der Waals surface area contributed by atoms with E-state index in [0.717, 1.165) is 11.1 Å². The molecule has 6 nitrogen and oxygen atoms in total. The molecular formula is C24H23FN4O2S. The van der Waals surface area contributed by atoms with Crippen LogP contribution in [0.2, 0.25) is 0 Å². The molecule has 0 atom stereocenters. The number of ether oxygens (including phenoxy) is 2. The summed E-state index contributed by atoms with van der Waals surface area (Å²) in [5.41, 5.74) is 5.54. The van der Waals surface area contributed by atoms with E-state index in [1.54, 1.807) is 22.9 Å². The van der Waals surface area contributed by atoms with Crippen molar-refractivity contribution in [2.45, 2.75) is 20.1 Å². The fourth-order valence-corrected chi connectivity index (χ4v) is 3.48. The van der Waals surface area contributed by atoms with E-state index < -0.39 is 0 Å². The third kappa shape index (κ3) is 4.81. The normalized spacial score (nSPS) is 10.7. The van der Waals surface area contributed by atoms with Crippen molar-refractivity contribution in [2.75, 3.05) is 12.0 Å². The largest absolute Gasteiger partial charge is 0.490 e. The van der Waals surface area contributed by atoms with Crippen LogP contribution in [0.15, 0.2) is 72.8 Å². The summed E-state index contributed by atoms with van der Waals surface area (Å²) >= 11 is 5.40. The average molecular weight is 451 g/mol. The molecule has 0 spiro atoms. The van der Waals surface area contributed by atoms with Crippen LogP contribution < -0.4 is 14.9 Å². The molecular weight excluding hydrogens is 427 g/mol. The summed E-state index contributed by atoms with van der Waals surface area (Å²) in [6, 6.07) is 22.0. The topological polar surface area (TPSA) is 64.1 Å². The summed E-state index contributed by atoms with van der Waals surface area (Å²) in [5, 5.41) is 7.17. The fourth-order valence-electron chi connectivity index (χ4n) is 3.29. The number of hydrogen-bond acceptors (Lipinski definition) is 5. The molecule has 0 saturated carbocycles. The van der Waals surface area contributed by atoms with Crippen molar-refractivity contribution in [1.29, 1.82) is 0 Å². The van der Waals surface area contributed by atoms with E-state index >= 15 is 0 Å². The molecule has 164 valence electrons. The summed E-state index contributed by atoms with van der Waals surface area (Å²) < 4.78 is 28.0. The average Bonchev–Trinajstić information content (AvgIpc) is 3.19. The fraction of sp³-hybridized carbons (Fsp3) is 0.167. The Balaban J connectivity index is 1.59. The Kier molecular flexibility index (Phi) is 6.81. The molecule has 0 bridgehead atoms. The minimum Gasteiger partial charge on any atom is -0.490 e. The highest BCUT2D eigenvalue weighted by Gasteiger charge is 2.14. The molecule has 8 heteroatoms. The lowest BCUT2D eigenvalue weighted by molar-refractivity contribution is 0.263. The molecule has 0 amide bonds. The summed E-state index contributed by atoms with van der Waals surface area (Å²) in [7, 11) is 0. The van der Waals surface area contributed by atoms with Crippen molar-refractivity contribution >= 4 is 12.2 Å². The number of aromatic amines is 1. The Morgan fingerprint density at radius 3 is 2.50 bits per heavy atom. The minimum atomic E-state index is -0.307. The van der Waals surface area contributed by atoms with Crippen molar-refractivity contribution in [2.24, 2.45) is 0 Å². The van der Waals surface area contributed by atoms with Crippen LogP contribution in [-0.4, -0.2) is 21.5 Å². The van der Waals surface area contributed by atoms with Gasteiger partial charge in [-0.05, 0) is 31.3 Å². The van der Waals surface area contributed by atoms with Gasteiger partial charge >= 0.3 is 0 Å². The number of para-hydroxylation sites is 1. The van der Waals surface area contributed by atoms with E-state index in [9.17, 15) is 4.39 Å². The molecule has 0 fully saturated rings. The van der Waals surface area contributed by atoms with Gasteiger partial charge in [0.25, 0.3) is 0 Å². The Bertz CT molecular complexity index is 1240. The first kappa shape index (κ1) is 21.6. The second kappa shape index (κ2) is 10.1. The second-order valence-corrected chi connectivity index (χ2v) is 7.33. The van der Waals surface area contributed by atoms with Gasteiger partial charge in [0.15, 0.2) is 17.3 Å². The second-order valence-electron chi connectivity index (χ2n) is 6.95. The predicted octanol–water partition coefficient (Wildman–Crippen LogP) is 5.47. The van der Waals surface area contributed by atoms with Gasteiger partial charge in [0.05, 0.1) is 13.2 Å². The van der Waals surface area contributed by atoms with Gasteiger partial charge in [0.1, 0.15) is 12.4 Å². The van der Waals surface area contributed by atoms with Gasteiger partial charge in [-0.15, -0.1) is 0 Å². The molecule has 0 aliphatic rings. The van der Waals surface area contributed by atoms with E-state index in [4.69, 9.17) is 21.7 Å². The summed E-state index contributed by atoms with van der Waals surface area (Å²) in [6.07, 6.45) is 0. The molecule has 0 radical (unpaired) electrons. The zero-order valence-corrected chi connectivity index (χ0v) is 18.4. The highest BCUT2D eigenvalue weighted by Crippen LogP contribution is 2.32. The van der Waals surface area contributed by atoms with Gasteiger partial charge in [-0.25, -0.2) is 14.2 Å². The number of rotatable bonds is 9. The summed E-state index contributed by atoms with van der Waals surface area (Å²) in [5.74, 6) is 1.52. The van der Waals surface area contributed by atoms with E-state index in [0.29, 0.717) is 40.8 Å². The summed E-state index contributed by atoms with van der Waals surface area (Å²) in [4.78, 5) is 0. The smallest absolute Gasteiger partial charge is 0.214 e. The van der Waals surface area contributed by atoms with Crippen LogP contribution in [0.1, 0.15) is 18.1 Å². The van der Waals surface area contributed by atoms with Crippen LogP contribution >= 0.6 is 12.2 Å². The lowest BCUT2D eigenvalue weighted by Gasteiger charge is -2.17. The Morgan fingerprint density at radius 2 is 1.72 bits per heavy atom. The maximum atomic E-state index is 14.1. The third-order valence-electron chi connectivity index (χ3n) is 4.82. The molecule has 4 aromatic rings. The van der Waals surface area contributed by atoms with Crippen molar-refractivity contribution in [3.05, 3.63) is 94.5 Å². The van der Waals surface area contributed by atoms with E-state index in [-0.39, 0.29) is 12.4 Å². The quantitative estimate of drug-likeness (QED) is 0.331.